The van der Waals surface area contributed by atoms with E-state index >= 15 is 0 Å². The maximum absolute atomic E-state index is 5.74. The molecule has 5 nitrogen and oxygen atoms in total. The largest absolute Gasteiger partial charge is 0.493 e. The Labute approximate surface area is 171 Å². The van der Waals surface area contributed by atoms with Crippen LogP contribution in [0, 0.1) is 5.92 Å². The Morgan fingerprint density at radius 1 is 1.25 bits per heavy atom. The van der Waals surface area contributed by atoms with Crippen LogP contribution in [-0.2, 0) is 6.42 Å². The van der Waals surface area contributed by atoms with Gasteiger partial charge in [0.2, 0.25) is 0 Å². The molecule has 1 aromatic rings. The van der Waals surface area contributed by atoms with Crippen molar-refractivity contribution >= 4 is 5.96 Å². The SMILES string of the molecule is C=C(C)CN1CCC(NC(=NC)NCCc2ccc(OCC(C)C)cc2)CC1. The molecule has 0 amide bonds. The maximum atomic E-state index is 5.74. The monoisotopic (exact) mass is 386 g/mol. The minimum atomic E-state index is 0.491. The Morgan fingerprint density at radius 3 is 2.50 bits per heavy atom. The van der Waals surface area contributed by atoms with Crippen LogP contribution in [0.15, 0.2) is 41.4 Å². The van der Waals surface area contributed by atoms with E-state index in [0.717, 1.165) is 63.8 Å². The van der Waals surface area contributed by atoms with E-state index in [1.165, 1.54) is 11.1 Å². The molecule has 1 fully saturated rings. The molecule has 0 spiro atoms. The summed E-state index contributed by atoms with van der Waals surface area (Å²) in [6, 6.07) is 8.90. The number of nitrogens with one attached hydrogen (secondary N) is 2. The van der Waals surface area contributed by atoms with E-state index in [2.05, 4.69) is 72.1 Å². The van der Waals surface area contributed by atoms with Crippen LogP contribution in [0.5, 0.6) is 5.75 Å². The molecule has 28 heavy (non-hydrogen) atoms. The minimum Gasteiger partial charge on any atom is -0.493 e. The summed E-state index contributed by atoms with van der Waals surface area (Å²) >= 11 is 0. The lowest BCUT2D eigenvalue weighted by Crippen LogP contribution is -2.49. The van der Waals surface area contributed by atoms with Gasteiger partial charge in [0.25, 0.3) is 0 Å². The smallest absolute Gasteiger partial charge is 0.191 e. The highest BCUT2D eigenvalue weighted by atomic mass is 16.5. The number of nitrogens with zero attached hydrogens (tertiary/aromatic N) is 2. The fourth-order valence-corrected chi connectivity index (χ4v) is 3.35. The summed E-state index contributed by atoms with van der Waals surface area (Å²) in [7, 11) is 1.84. The topological polar surface area (TPSA) is 48.9 Å². The fraction of sp³-hybridized carbons (Fsp3) is 0.609. The van der Waals surface area contributed by atoms with Gasteiger partial charge in [-0.1, -0.05) is 38.1 Å². The number of hydrogen-bond acceptors (Lipinski definition) is 3. The van der Waals surface area contributed by atoms with Gasteiger partial charge in [0.05, 0.1) is 6.61 Å². The van der Waals surface area contributed by atoms with Gasteiger partial charge < -0.3 is 15.4 Å². The predicted octanol–water partition coefficient (Wildman–Crippen LogP) is 3.47. The van der Waals surface area contributed by atoms with Gasteiger partial charge in [-0.3, -0.25) is 9.89 Å². The number of likely N-dealkylation sites (tertiary alicyclic amines) is 1. The molecule has 0 atom stereocenters. The molecule has 0 saturated carbocycles. The molecule has 1 aliphatic rings. The van der Waals surface area contributed by atoms with Crippen LogP contribution in [-0.4, -0.2) is 56.7 Å². The summed E-state index contributed by atoms with van der Waals surface area (Å²) in [4.78, 5) is 6.86. The van der Waals surface area contributed by atoms with Gasteiger partial charge >= 0.3 is 0 Å². The first kappa shape index (κ1) is 22.3. The second-order valence-corrected chi connectivity index (χ2v) is 8.25. The van der Waals surface area contributed by atoms with E-state index in [4.69, 9.17) is 4.74 Å². The molecule has 1 heterocycles. The molecule has 1 aliphatic heterocycles. The van der Waals surface area contributed by atoms with Gasteiger partial charge in [-0.15, -0.1) is 0 Å². The third-order valence-electron chi connectivity index (χ3n) is 4.86. The van der Waals surface area contributed by atoms with E-state index in [1.54, 1.807) is 0 Å². The summed E-state index contributed by atoms with van der Waals surface area (Å²) < 4.78 is 5.74. The summed E-state index contributed by atoms with van der Waals surface area (Å²) in [6.07, 6.45) is 3.25. The second-order valence-electron chi connectivity index (χ2n) is 8.25. The van der Waals surface area contributed by atoms with Crippen LogP contribution < -0.4 is 15.4 Å². The van der Waals surface area contributed by atoms with Crippen molar-refractivity contribution in [1.82, 2.24) is 15.5 Å². The van der Waals surface area contributed by atoms with E-state index in [9.17, 15) is 0 Å². The van der Waals surface area contributed by atoms with Crippen LogP contribution in [0.3, 0.4) is 0 Å². The number of guanidine groups is 1. The molecule has 0 bridgehead atoms. The summed E-state index contributed by atoms with van der Waals surface area (Å²) in [5.41, 5.74) is 2.54. The molecular formula is C23H38N4O. The Morgan fingerprint density at radius 2 is 1.93 bits per heavy atom. The number of rotatable bonds is 9. The zero-order valence-corrected chi connectivity index (χ0v) is 18.1. The number of hydrogen-bond donors (Lipinski definition) is 2. The number of benzene rings is 1. The minimum absolute atomic E-state index is 0.491. The van der Waals surface area contributed by atoms with Crippen LogP contribution in [0.1, 0.15) is 39.2 Å². The predicted molar refractivity (Wildman–Crippen MR) is 119 cm³/mol. The van der Waals surface area contributed by atoms with E-state index in [1.807, 2.05) is 7.05 Å². The molecule has 1 aromatic carbocycles. The first-order chi connectivity index (χ1) is 13.5. The maximum Gasteiger partial charge on any atom is 0.191 e. The third kappa shape index (κ3) is 8.34. The highest BCUT2D eigenvalue weighted by Gasteiger charge is 2.19. The fourth-order valence-electron chi connectivity index (χ4n) is 3.35. The van der Waals surface area contributed by atoms with E-state index in [-0.39, 0.29) is 0 Å². The van der Waals surface area contributed by atoms with Crippen molar-refractivity contribution in [2.45, 2.75) is 46.1 Å². The standard InChI is InChI=1S/C23H38N4O/c1-18(2)16-27-14-11-21(12-15-27)26-23(24-5)25-13-10-20-6-8-22(9-7-20)28-17-19(3)4/h6-9,19,21H,1,10-17H2,2-5H3,(H2,24,25,26). The Kier molecular flexibility index (Phi) is 9.35. The normalized spacial score (nSPS) is 16.2. The average molecular weight is 387 g/mol. The third-order valence-corrected chi connectivity index (χ3v) is 4.86. The molecule has 0 aliphatic carbocycles. The highest BCUT2D eigenvalue weighted by molar-refractivity contribution is 5.79. The molecule has 2 N–H and O–H groups in total. The lowest BCUT2D eigenvalue weighted by Gasteiger charge is -2.33. The molecular weight excluding hydrogens is 348 g/mol. The number of ether oxygens (including phenoxy) is 1. The van der Waals surface area contributed by atoms with Crippen LogP contribution in [0.25, 0.3) is 0 Å². The Bertz CT molecular complexity index is 616. The average Bonchev–Trinajstić information content (AvgIpc) is 2.67. The molecule has 1 saturated heterocycles. The zero-order chi connectivity index (χ0) is 20.4. The quantitative estimate of drug-likeness (QED) is 0.388. The van der Waals surface area contributed by atoms with Crippen molar-refractivity contribution in [2.75, 3.05) is 39.8 Å². The van der Waals surface area contributed by atoms with Crippen molar-refractivity contribution in [3.05, 3.63) is 42.0 Å². The zero-order valence-electron chi connectivity index (χ0n) is 18.1. The van der Waals surface area contributed by atoms with E-state index < -0.39 is 0 Å². The van der Waals surface area contributed by atoms with Gasteiger partial charge in [0.15, 0.2) is 5.96 Å². The van der Waals surface area contributed by atoms with Crippen molar-refractivity contribution in [1.29, 1.82) is 0 Å². The Hall–Kier alpha value is -2.01. The molecule has 0 unspecified atom stereocenters. The number of aliphatic imine (C=N–C) groups is 1. The molecule has 156 valence electrons. The Balaban J connectivity index is 1.68. The second kappa shape index (κ2) is 11.7. The van der Waals surface area contributed by atoms with E-state index in [0.29, 0.717) is 12.0 Å². The first-order valence-corrected chi connectivity index (χ1v) is 10.5. The summed E-state index contributed by atoms with van der Waals surface area (Å²) in [5.74, 6) is 2.39. The van der Waals surface area contributed by atoms with Crippen molar-refractivity contribution in [2.24, 2.45) is 10.9 Å². The molecule has 2 rings (SSSR count). The van der Waals surface area contributed by atoms with Crippen LogP contribution >= 0.6 is 0 Å². The van der Waals surface area contributed by atoms with Crippen molar-refractivity contribution < 1.29 is 4.74 Å². The molecule has 0 radical (unpaired) electrons. The van der Waals surface area contributed by atoms with Crippen LogP contribution in [0.2, 0.25) is 0 Å². The molecule has 0 aromatic heterocycles. The summed E-state index contributed by atoms with van der Waals surface area (Å²) in [5, 5.41) is 7.02. The van der Waals surface area contributed by atoms with Crippen molar-refractivity contribution in [3.63, 3.8) is 0 Å². The summed E-state index contributed by atoms with van der Waals surface area (Å²) in [6.45, 7) is 15.3. The van der Waals surface area contributed by atoms with Gasteiger partial charge in [-0.05, 0) is 49.8 Å². The first-order valence-electron chi connectivity index (χ1n) is 10.5. The van der Waals surface area contributed by atoms with Crippen LogP contribution in [0.4, 0.5) is 0 Å². The van der Waals surface area contributed by atoms with Gasteiger partial charge in [-0.2, -0.15) is 0 Å². The van der Waals surface area contributed by atoms with Gasteiger partial charge in [0.1, 0.15) is 5.75 Å². The lowest BCUT2D eigenvalue weighted by atomic mass is 10.0. The van der Waals surface area contributed by atoms with Crippen molar-refractivity contribution in [3.8, 4) is 5.75 Å². The van der Waals surface area contributed by atoms with Gasteiger partial charge in [0, 0.05) is 39.3 Å². The van der Waals surface area contributed by atoms with Gasteiger partial charge in [-0.25, -0.2) is 0 Å². The number of piperidine rings is 1. The molecule has 5 heteroatoms. The highest BCUT2D eigenvalue weighted by Crippen LogP contribution is 2.14. The lowest BCUT2D eigenvalue weighted by molar-refractivity contribution is 0.221.